The van der Waals surface area contributed by atoms with E-state index in [2.05, 4.69) is 38.1 Å². The molecule has 1 nitrogen and oxygen atoms in total. The van der Waals surface area contributed by atoms with Crippen LogP contribution in [0.15, 0.2) is 48.1 Å². The molecule has 1 aliphatic rings. The van der Waals surface area contributed by atoms with Gasteiger partial charge in [0, 0.05) is 5.92 Å². The van der Waals surface area contributed by atoms with Gasteiger partial charge in [-0.25, -0.2) is 0 Å². The van der Waals surface area contributed by atoms with E-state index in [1.54, 1.807) is 0 Å². The van der Waals surface area contributed by atoms with Crippen LogP contribution in [0.3, 0.4) is 0 Å². The van der Waals surface area contributed by atoms with Crippen LogP contribution >= 0.6 is 11.6 Å². The zero-order valence-corrected chi connectivity index (χ0v) is 12.3. The molecule has 0 fully saturated rings. The van der Waals surface area contributed by atoms with Crippen LogP contribution in [0.25, 0.3) is 5.57 Å². The second kappa shape index (κ2) is 5.94. The first-order valence-corrected chi connectivity index (χ1v) is 7.31. The van der Waals surface area contributed by atoms with E-state index < -0.39 is 4.87 Å². The van der Waals surface area contributed by atoms with Crippen molar-refractivity contribution in [2.24, 2.45) is 5.92 Å². The van der Waals surface area contributed by atoms with E-state index in [4.69, 9.17) is 11.6 Å². The minimum absolute atomic E-state index is 0.00863. The predicted octanol–water partition coefficient (Wildman–Crippen LogP) is 4.42. The summed E-state index contributed by atoms with van der Waals surface area (Å²) in [5.41, 5.74) is 3.56. The molecule has 19 heavy (non-hydrogen) atoms. The lowest BCUT2D eigenvalue weighted by Crippen LogP contribution is -2.38. The number of halogens is 1. The fraction of sp³-hybridized carbons (Fsp3) is 0.412. The summed E-state index contributed by atoms with van der Waals surface area (Å²) in [5, 5.41) is 9.71. The summed E-state index contributed by atoms with van der Waals surface area (Å²) in [6.45, 7) is 4.21. The molecule has 1 aromatic carbocycles. The van der Waals surface area contributed by atoms with Crippen molar-refractivity contribution in [3.8, 4) is 0 Å². The smallest absolute Gasteiger partial charge is 0.0950 e. The Hall–Kier alpha value is -1.05. The van der Waals surface area contributed by atoms with Crippen LogP contribution in [0.4, 0.5) is 0 Å². The monoisotopic (exact) mass is 276 g/mol. The van der Waals surface area contributed by atoms with Crippen LogP contribution in [0.5, 0.6) is 0 Å². The molecule has 1 N–H and O–H groups in total. The molecule has 2 heteroatoms. The molecule has 0 saturated heterocycles. The number of alkyl halides is 1. The first-order chi connectivity index (χ1) is 9.15. The summed E-state index contributed by atoms with van der Waals surface area (Å²) in [6, 6.07) is 10.3. The summed E-state index contributed by atoms with van der Waals surface area (Å²) >= 11 is 6.68. The SMILES string of the molecule is CCC1=CC(c2ccccc2)=CC(CC)C1(Cl)CO. The third-order valence-electron chi connectivity index (χ3n) is 3.99. The molecular weight excluding hydrogens is 256 g/mol. The Morgan fingerprint density at radius 3 is 2.42 bits per heavy atom. The van der Waals surface area contributed by atoms with E-state index in [0.717, 1.165) is 18.4 Å². The second-order valence-electron chi connectivity index (χ2n) is 5.05. The lowest BCUT2D eigenvalue weighted by molar-refractivity contribution is 0.229. The van der Waals surface area contributed by atoms with Crippen LogP contribution in [-0.2, 0) is 0 Å². The normalized spacial score (nSPS) is 26.8. The summed E-state index contributed by atoms with van der Waals surface area (Å²) in [4.78, 5) is -0.623. The van der Waals surface area contributed by atoms with Gasteiger partial charge >= 0.3 is 0 Å². The number of hydrogen-bond donors (Lipinski definition) is 1. The Labute approximate surface area is 120 Å². The molecule has 0 radical (unpaired) electrons. The fourth-order valence-electron chi connectivity index (χ4n) is 2.81. The minimum atomic E-state index is -0.623. The highest BCUT2D eigenvalue weighted by Gasteiger charge is 2.39. The highest BCUT2D eigenvalue weighted by atomic mass is 35.5. The third-order valence-corrected chi connectivity index (χ3v) is 4.63. The molecule has 2 atom stereocenters. The summed E-state index contributed by atoms with van der Waals surface area (Å²) in [7, 11) is 0. The first-order valence-electron chi connectivity index (χ1n) is 6.93. The standard InChI is InChI=1S/C17H21ClO/c1-3-15-10-14(13-8-6-5-7-9-13)11-16(4-2)17(15,18)12-19/h5-11,15,19H,3-4,12H2,1-2H3. The Morgan fingerprint density at radius 1 is 1.21 bits per heavy atom. The van der Waals surface area contributed by atoms with Gasteiger partial charge in [-0.05, 0) is 29.6 Å². The molecule has 0 bridgehead atoms. The molecule has 0 aliphatic heterocycles. The summed E-state index contributed by atoms with van der Waals surface area (Å²) in [5.74, 6) is 0.175. The molecular formula is C17H21ClO. The minimum Gasteiger partial charge on any atom is -0.394 e. The van der Waals surface area contributed by atoms with Gasteiger partial charge in [-0.1, -0.05) is 56.3 Å². The molecule has 0 saturated carbocycles. The van der Waals surface area contributed by atoms with Crippen LogP contribution in [-0.4, -0.2) is 16.6 Å². The summed E-state index contributed by atoms with van der Waals surface area (Å²) < 4.78 is 0. The van der Waals surface area contributed by atoms with Crippen LogP contribution in [0.2, 0.25) is 0 Å². The molecule has 0 spiro atoms. The Kier molecular flexibility index (Phi) is 4.49. The molecule has 1 aromatic rings. The Bertz CT molecular complexity index is 489. The maximum Gasteiger partial charge on any atom is 0.0950 e. The molecule has 0 aromatic heterocycles. The predicted molar refractivity (Wildman–Crippen MR) is 82.2 cm³/mol. The van der Waals surface area contributed by atoms with Crippen molar-refractivity contribution in [2.75, 3.05) is 6.61 Å². The highest BCUT2D eigenvalue weighted by molar-refractivity contribution is 6.27. The maximum absolute atomic E-state index is 9.71. The maximum atomic E-state index is 9.71. The van der Waals surface area contributed by atoms with E-state index in [0.29, 0.717) is 0 Å². The largest absolute Gasteiger partial charge is 0.394 e. The molecule has 2 rings (SSSR count). The van der Waals surface area contributed by atoms with Gasteiger partial charge in [0.2, 0.25) is 0 Å². The lowest BCUT2D eigenvalue weighted by atomic mass is 9.76. The third kappa shape index (κ3) is 2.63. The zero-order valence-electron chi connectivity index (χ0n) is 11.6. The topological polar surface area (TPSA) is 20.2 Å². The quantitative estimate of drug-likeness (QED) is 0.808. The van der Waals surface area contributed by atoms with Crippen molar-refractivity contribution >= 4 is 17.2 Å². The van der Waals surface area contributed by atoms with Crippen LogP contribution < -0.4 is 0 Å². The van der Waals surface area contributed by atoms with Gasteiger partial charge in [-0.15, -0.1) is 11.6 Å². The Morgan fingerprint density at radius 2 is 1.89 bits per heavy atom. The van der Waals surface area contributed by atoms with Gasteiger partial charge in [0.15, 0.2) is 0 Å². The number of allylic oxidation sites excluding steroid dienone is 3. The van der Waals surface area contributed by atoms with Crippen molar-refractivity contribution < 1.29 is 5.11 Å². The Balaban J connectivity index is 2.46. The molecule has 0 heterocycles. The molecule has 0 amide bonds. The van der Waals surface area contributed by atoms with Crippen molar-refractivity contribution in [1.29, 1.82) is 0 Å². The van der Waals surface area contributed by atoms with Gasteiger partial charge in [0.1, 0.15) is 0 Å². The van der Waals surface area contributed by atoms with E-state index in [9.17, 15) is 5.11 Å². The van der Waals surface area contributed by atoms with Gasteiger partial charge in [0.25, 0.3) is 0 Å². The zero-order chi connectivity index (χ0) is 13.9. The van der Waals surface area contributed by atoms with Crippen molar-refractivity contribution in [3.05, 3.63) is 53.6 Å². The first kappa shape index (κ1) is 14.4. The van der Waals surface area contributed by atoms with Gasteiger partial charge < -0.3 is 5.11 Å². The number of aliphatic hydroxyl groups is 1. The van der Waals surface area contributed by atoms with E-state index in [1.807, 2.05) is 18.2 Å². The fourth-order valence-corrected chi connectivity index (χ4v) is 3.21. The average Bonchev–Trinajstić information content (AvgIpc) is 2.48. The number of rotatable bonds is 4. The number of benzene rings is 1. The van der Waals surface area contributed by atoms with Crippen LogP contribution in [0, 0.1) is 5.92 Å². The molecule has 102 valence electrons. The van der Waals surface area contributed by atoms with Crippen LogP contribution in [0.1, 0.15) is 32.3 Å². The summed E-state index contributed by atoms with van der Waals surface area (Å²) in [6.07, 6.45) is 6.14. The molecule has 2 unspecified atom stereocenters. The average molecular weight is 277 g/mol. The molecule has 1 aliphatic carbocycles. The van der Waals surface area contributed by atoms with Crippen molar-refractivity contribution in [2.45, 2.75) is 31.6 Å². The van der Waals surface area contributed by atoms with E-state index >= 15 is 0 Å². The number of hydrogen-bond acceptors (Lipinski definition) is 1. The number of aliphatic hydroxyl groups excluding tert-OH is 1. The van der Waals surface area contributed by atoms with Gasteiger partial charge in [0.05, 0.1) is 11.5 Å². The van der Waals surface area contributed by atoms with Crippen molar-refractivity contribution in [1.82, 2.24) is 0 Å². The highest BCUT2D eigenvalue weighted by Crippen LogP contribution is 2.43. The van der Waals surface area contributed by atoms with Crippen molar-refractivity contribution in [3.63, 3.8) is 0 Å². The second-order valence-corrected chi connectivity index (χ2v) is 5.72. The van der Waals surface area contributed by atoms with E-state index in [1.165, 1.54) is 11.1 Å². The van der Waals surface area contributed by atoms with Gasteiger partial charge in [-0.2, -0.15) is 0 Å². The van der Waals surface area contributed by atoms with Gasteiger partial charge in [-0.3, -0.25) is 0 Å². The lowest BCUT2D eigenvalue weighted by Gasteiger charge is -2.37. The van der Waals surface area contributed by atoms with E-state index in [-0.39, 0.29) is 12.5 Å².